The van der Waals surface area contributed by atoms with Crippen LogP contribution in [0, 0.1) is 0 Å². The van der Waals surface area contributed by atoms with Crippen LogP contribution in [0.15, 0.2) is 15.0 Å². The van der Waals surface area contributed by atoms with E-state index in [1.807, 2.05) is 0 Å². The van der Waals surface area contributed by atoms with Gasteiger partial charge in [0, 0.05) is 4.47 Å². The van der Waals surface area contributed by atoms with Crippen LogP contribution in [-0.4, -0.2) is 5.11 Å². The maximum Gasteiger partial charge on any atom is 0.419 e. The Hall–Kier alpha value is 0.0600. The number of phenols is 1. The second-order valence-electron chi connectivity index (χ2n) is 2.38. The van der Waals surface area contributed by atoms with Gasteiger partial charge in [0.05, 0.1) is 15.1 Å². The molecule has 1 aromatic rings. The van der Waals surface area contributed by atoms with Crippen molar-refractivity contribution < 1.29 is 18.3 Å². The lowest BCUT2D eigenvalue weighted by atomic mass is 10.2. The summed E-state index contributed by atoms with van der Waals surface area (Å²) < 4.78 is 37.0. The summed E-state index contributed by atoms with van der Waals surface area (Å²) in [6.45, 7) is 0. The van der Waals surface area contributed by atoms with Crippen molar-refractivity contribution in [3.8, 4) is 5.75 Å². The van der Waals surface area contributed by atoms with Gasteiger partial charge in [-0.15, -0.1) is 0 Å². The molecular formula is C7H2Br2ClF3O. The maximum atomic E-state index is 12.4. The summed E-state index contributed by atoms with van der Waals surface area (Å²) in [6, 6.07) is 1.09. The molecule has 0 bridgehead atoms. The molecule has 0 atom stereocenters. The van der Waals surface area contributed by atoms with Gasteiger partial charge in [-0.3, -0.25) is 0 Å². The molecular weight excluding hydrogens is 352 g/mol. The van der Waals surface area contributed by atoms with Crippen LogP contribution in [0.2, 0.25) is 5.02 Å². The van der Waals surface area contributed by atoms with Gasteiger partial charge in [-0.25, -0.2) is 0 Å². The van der Waals surface area contributed by atoms with E-state index in [9.17, 15) is 18.3 Å². The summed E-state index contributed by atoms with van der Waals surface area (Å²) in [7, 11) is 0. The summed E-state index contributed by atoms with van der Waals surface area (Å²) >= 11 is 10.9. The molecule has 1 nitrogen and oxygen atoms in total. The van der Waals surface area contributed by atoms with Crippen LogP contribution in [0.5, 0.6) is 5.75 Å². The predicted molar refractivity (Wildman–Crippen MR) is 53.5 cm³/mol. The van der Waals surface area contributed by atoms with Crippen LogP contribution >= 0.6 is 43.5 Å². The van der Waals surface area contributed by atoms with E-state index in [4.69, 9.17) is 11.6 Å². The van der Waals surface area contributed by atoms with E-state index in [-0.39, 0.29) is 8.95 Å². The molecule has 7 heteroatoms. The van der Waals surface area contributed by atoms with Gasteiger partial charge in [0.15, 0.2) is 0 Å². The van der Waals surface area contributed by atoms with E-state index in [0.29, 0.717) is 0 Å². The van der Waals surface area contributed by atoms with Gasteiger partial charge in [0.1, 0.15) is 5.75 Å². The highest BCUT2D eigenvalue weighted by Crippen LogP contribution is 2.46. The largest absolute Gasteiger partial charge is 0.505 e. The number of halogens is 6. The van der Waals surface area contributed by atoms with Crippen molar-refractivity contribution in [2.24, 2.45) is 0 Å². The van der Waals surface area contributed by atoms with Crippen molar-refractivity contribution in [3.05, 3.63) is 25.6 Å². The molecule has 0 aliphatic carbocycles. The van der Waals surface area contributed by atoms with Crippen molar-refractivity contribution in [2.75, 3.05) is 0 Å². The first kappa shape index (κ1) is 12.1. The third-order valence-corrected chi connectivity index (χ3v) is 3.03. The lowest BCUT2D eigenvalue weighted by Crippen LogP contribution is -2.07. The number of aromatic hydroxyl groups is 1. The Bertz CT molecular complexity index is 378. The number of rotatable bonds is 0. The monoisotopic (exact) mass is 352 g/mol. The summed E-state index contributed by atoms with van der Waals surface area (Å²) in [6.07, 6.45) is -4.60. The normalized spacial score (nSPS) is 11.9. The lowest BCUT2D eigenvalue weighted by molar-refractivity contribution is -0.138. The smallest absolute Gasteiger partial charge is 0.419 e. The Balaban J connectivity index is 3.53. The van der Waals surface area contributed by atoms with E-state index in [0.717, 1.165) is 6.07 Å². The molecule has 1 rings (SSSR count). The standard InChI is InChI=1S/C7H2Br2ClF3O/c8-2-1-3(9)6(14)5(10)4(2)7(11,12)13/h1,14H. The molecule has 1 N–H and O–H groups in total. The van der Waals surface area contributed by atoms with Crippen molar-refractivity contribution in [2.45, 2.75) is 6.18 Å². The molecule has 0 fully saturated rings. The first-order valence-corrected chi connectivity index (χ1v) is 5.15. The summed E-state index contributed by atoms with van der Waals surface area (Å²) in [5.74, 6) is -0.623. The summed E-state index contributed by atoms with van der Waals surface area (Å²) in [4.78, 5) is 0. The zero-order chi connectivity index (χ0) is 11.1. The molecule has 1 aromatic carbocycles. The minimum atomic E-state index is -4.60. The van der Waals surface area contributed by atoms with E-state index < -0.39 is 22.5 Å². The molecule has 0 unspecified atom stereocenters. The van der Waals surface area contributed by atoms with E-state index in [1.165, 1.54) is 0 Å². The zero-order valence-electron chi connectivity index (χ0n) is 6.29. The number of benzene rings is 1. The average molecular weight is 354 g/mol. The Kier molecular flexibility index (Phi) is 3.38. The van der Waals surface area contributed by atoms with Gasteiger partial charge in [-0.2, -0.15) is 13.2 Å². The molecule has 0 heterocycles. The Labute approximate surface area is 99.1 Å². The maximum absolute atomic E-state index is 12.4. The second-order valence-corrected chi connectivity index (χ2v) is 4.46. The van der Waals surface area contributed by atoms with E-state index in [1.54, 1.807) is 0 Å². The number of hydrogen-bond donors (Lipinski definition) is 1. The van der Waals surface area contributed by atoms with Crippen LogP contribution in [-0.2, 0) is 6.18 Å². The molecule has 0 aliphatic heterocycles. The minimum Gasteiger partial charge on any atom is -0.505 e. The van der Waals surface area contributed by atoms with Gasteiger partial charge < -0.3 is 5.11 Å². The fraction of sp³-hybridized carbons (Fsp3) is 0.143. The van der Waals surface area contributed by atoms with Crippen molar-refractivity contribution in [1.82, 2.24) is 0 Å². The second kappa shape index (κ2) is 3.90. The highest BCUT2D eigenvalue weighted by molar-refractivity contribution is 9.11. The zero-order valence-corrected chi connectivity index (χ0v) is 10.2. The number of alkyl halides is 3. The molecule has 0 aromatic heterocycles. The van der Waals surface area contributed by atoms with E-state index in [2.05, 4.69) is 31.9 Å². The fourth-order valence-electron chi connectivity index (χ4n) is 0.840. The van der Waals surface area contributed by atoms with Crippen LogP contribution in [0.1, 0.15) is 5.56 Å². The summed E-state index contributed by atoms with van der Waals surface area (Å²) in [5, 5.41) is 8.45. The first-order valence-electron chi connectivity index (χ1n) is 3.18. The highest BCUT2D eigenvalue weighted by atomic mass is 79.9. The van der Waals surface area contributed by atoms with Gasteiger partial charge in [-0.05, 0) is 22.0 Å². The molecule has 0 spiro atoms. The lowest BCUT2D eigenvalue weighted by Gasteiger charge is -2.12. The molecule has 0 aliphatic rings. The van der Waals surface area contributed by atoms with Gasteiger partial charge in [0.25, 0.3) is 0 Å². The molecule has 78 valence electrons. The van der Waals surface area contributed by atoms with Crippen molar-refractivity contribution in [1.29, 1.82) is 0 Å². The summed E-state index contributed by atoms with van der Waals surface area (Å²) in [5.41, 5.74) is -1.08. The van der Waals surface area contributed by atoms with Gasteiger partial charge in [0.2, 0.25) is 0 Å². The van der Waals surface area contributed by atoms with Crippen molar-refractivity contribution in [3.63, 3.8) is 0 Å². The minimum absolute atomic E-state index is 0.0994. The predicted octanol–water partition coefficient (Wildman–Crippen LogP) is 4.59. The highest BCUT2D eigenvalue weighted by Gasteiger charge is 2.37. The fourth-order valence-corrected chi connectivity index (χ4v) is 2.77. The Morgan fingerprint density at radius 3 is 2.14 bits per heavy atom. The Morgan fingerprint density at radius 2 is 1.71 bits per heavy atom. The molecule has 0 saturated carbocycles. The van der Waals surface area contributed by atoms with Crippen LogP contribution in [0.3, 0.4) is 0 Å². The molecule has 0 amide bonds. The first-order chi connectivity index (χ1) is 6.25. The van der Waals surface area contributed by atoms with E-state index >= 15 is 0 Å². The third kappa shape index (κ3) is 2.17. The molecule has 14 heavy (non-hydrogen) atoms. The SMILES string of the molecule is Oc1c(Br)cc(Br)c(C(F)(F)F)c1Cl. The van der Waals surface area contributed by atoms with Crippen LogP contribution in [0.4, 0.5) is 13.2 Å². The number of hydrogen-bond acceptors (Lipinski definition) is 1. The molecule has 0 saturated heterocycles. The van der Waals surface area contributed by atoms with Crippen LogP contribution < -0.4 is 0 Å². The average Bonchev–Trinajstić information content (AvgIpc) is 1.97. The topological polar surface area (TPSA) is 20.2 Å². The quantitative estimate of drug-likeness (QED) is 0.723. The van der Waals surface area contributed by atoms with Crippen LogP contribution in [0.25, 0.3) is 0 Å². The van der Waals surface area contributed by atoms with Gasteiger partial charge in [-0.1, -0.05) is 27.5 Å². The van der Waals surface area contributed by atoms with Crippen molar-refractivity contribution >= 4 is 43.5 Å². The Morgan fingerprint density at radius 1 is 1.21 bits per heavy atom. The third-order valence-electron chi connectivity index (χ3n) is 1.43. The number of phenolic OH excluding ortho intramolecular Hbond substituents is 1. The molecule has 0 radical (unpaired) electrons. The van der Waals surface area contributed by atoms with Gasteiger partial charge >= 0.3 is 6.18 Å².